The molecule has 0 aliphatic carbocycles. The lowest BCUT2D eigenvalue weighted by Gasteiger charge is -2.10. The van der Waals surface area contributed by atoms with E-state index in [9.17, 15) is 10.1 Å². The summed E-state index contributed by atoms with van der Waals surface area (Å²) in [4.78, 5) is 10.4. The van der Waals surface area contributed by atoms with Crippen LogP contribution in [0.3, 0.4) is 0 Å². The van der Waals surface area contributed by atoms with Crippen molar-refractivity contribution in [2.45, 2.75) is 32.9 Å². The van der Waals surface area contributed by atoms with Crippen LogP contribution in [-0.4, -0.2) is 17.6 Å². The fourth-order valence-corrected chi connectivity index (χ4v) is 1.48. The first-order valence-corrected chi connectivity index (χ1v) is 6.11. The molecule has 1 aromatic carbocycles. The van der Waals surface area contributed by atoms with Gasteiger partial charge in [-0.15, -0.1) is 12.3 Å². The van der Waals surface area contributed by atoms with Gasteiger partial charge in [-0.25, -0.2) is 0 Å². The van der Waals surface area contributed by atoms with Crippen LogP contribution >= 0.6 is 0 Å². The van der Waals surface area contributed by atoms with Crippen molar-refractivity contribution in [3.8, 4) is 18.1 Å². The molecule has 0 amide bonds. The average Bonchev–Trinajstić information content (AvgIpc) is 2.36. The van der Waals surface area contributed by atoms with Crippen molar-refractivity contribution in [1.29, 1.82) is 0 Å². The van der Waals surface area contributed by atoms with Crippen LogP contribution in [0.25, 0.3) is 0 Å². The second kappa shape index (κ2) is 7.39. The molecule has 0 aliphatic rings. The van der Waals surface area contributed by atoms with Gasteiger partial charge < -0.3 is 10.1 Å². The third kappa shape index (κ3) is 4.98. The zero-order chi connectivity index (χ0) is 14.3. The Hall–Kier alpha value is -2.06. The molecular formula is C14H18N2O3. The number of nitrogens with one attached hydrogen (secondary N) is 1. The van der Waals surface area contributed by atoms with Crippen LogP contribution in [0.2, 0.25) is 0 Å². The third-order valence-electron chi connectivity index (χ3n) is 2.44. The molecule has 0 bridgehead atoms. The Morgan fingerprint density at radius 2 is 2.26 bits per heavy atom. The highest BCUT2D eigenvalue weighted by Gasteiger charge is 2.15. The molecule has 0 unspecified atom stereocenters. The summed E-state index contributed by atoms with van der Waals surface area (Å²) in [6, 6.07) is 5.22. The van der Waals surface area contributed by atoms with Crippen molar-refractivity contribution in [3.63, 3.8) is 0 Å². The van der Waals surface area contributed by atoms with E-state index in [1.165, 1.54) is 6.07 Å². The van der Waals surface area contributed by atoms with Gasteiger partial charge in [-0.2, -0.15) is 0 Å². The molecule has 0 spiro atoms. The van der Waals surface area contributed by atoms with Gasteiger partial charge in [0, 0.05) is 25.1 Å². The number of terminal acetylenes is 1. The van der Waals surface area contributed by atoms with Crippen LogP contribution in [-0.2, 0) is 6.54 Å². The number of benzene rings is 1. The highest BCUT2D eigenvalue weighted by Crippen LogP contribution is 2.28. The number of hydrogen-bond acceptors (Lipinski definition) is 4. The molecular weight excluding hydrogens is 244 g/mol. The Morgan fingerprint density at radius 1 is 1.53 bits per heavy atom. The van der Waals surface area contributed by atoms with Crippen LogP contribution in [0.15, 0.2) is 18.2 Å². The summed E-state index contributed by atoms with van der Waals surface area (Å²) >= 11 is 0. The normalized spacial score (nSPS) is 10.2. The van der Waals surface area contributed by atoms with E-state index in [0.29, 0.717) is 19.0 Å². The van der Waals surface area contributed by atoms with Gasteiger partial charge in [0.05, 0.1) is 11.5 Å². The van der Waals surface area contributed by atoms with E-state index < -0.39 is 4.92 Å². The number of nitrogens with zero attached hydrogens (tertiary/aromatic N) is 1. The number of nitro benzene ring substituents is 1. The lowest BCUT2D eigenvalue weighted by Crippen LogP contribution is -2.21. The molecule has 0 aromatic heterocycles. The van der Waals surface area contributed by atoms with Gasteiger partial charge in [-0.1, -0.05) is 19.9 Å². The van der Waals surface area contributed by atoms with Gasteiger partial charge in [0.1, 0.15) is 0 Å². The maximum absolute atomic E-state index is 10.9. The molecule has 5 heteroatoms. The Morgan fingerprint density at radius 3 is 2.84 bits per heavy atom. The quantitative estimate of drug-likeness (QED) is 0.355. The summed E-state index contributed by atoms with van der Waals surface area (Å²) in [6.07, 6.45) is 5.55. The Kier molecular flexibility index (Phi) is 5.83. The van der Waals surface area contributed by atoms with Crippen molar-refractivity contribution >= 4 is 5.69 Å². The van der Waals surface area contributed by atoms with Crippen LogP contribution in [0, 0.1) is 22.5 Å². The zero-order valence-corrected chi connectivity index (χ0v) is 11.2. The van der Waals surface area contributed by atoms with Gasteiger partial charge in [0.15, 0.2) is 5.75 Å². The minimum Gasteiger partial charge on any atom is -0.486 e. The SMILES string of the molecule is C#CCCOc1cc(CNC(C)C)ccc1[N+](=O)[O-]. The first-order chi connectivity index (χ1) is 9.04. The molecule has 0 heterocycles. The minimum atomic E-state index is -0.454. The summed E-state index contributed by atoms with van der Waals surface area (Å²) in [6.45, 7) is 4.99. The second-order valence-electron chi connectivity index (χ2n) is 4.40. The lowest BCUT2D eigenvalue weighted by atomic mass is 10.2. The van der Waals surface area contributed by atoms with E-state index >= 15 is 0 Å². The molecule has 19 heavy (non-hydrogen) atoms. The average molecular weight is 262 g/mol. The molecule has 1 N–H and O–H groups in total. The molecule has 5 nitrogen and oxygen atoms in total. The summed E-state index contributed by atoms with van der Waals surface area (Å²) < 4.78 is 5.37. The Labute approximate surface area is 113 Å². The molecule has 0 saturated heterocycles. The van der Waals surface area contributed by atoms with Crippen LogP contribution in [0.5, 0.6) is 5.75 Å². The predicted molar refractivity (Wildman–Crippen MR) is 74.0 cm³/mol. The predicted octanol–water partition coefficient (Wildman–Crippen LogP) is 2.49. The minimum absolute atomic E-state index is 0.0367. The largest absolute Gasteiger partial charge is 0.486 e. The fourth-order valence-electron chi connectivity index (χ4n) is 1.48. The van der Waals surface area contributed by atoms with Crippen molar-refractivity contribution < 1.29 is 9.66 Å². The lowest BCUT2D eigenvalue weighted by molar-refractivity contribution is -0.385. The number of rotatable bonds is 7. The molecule has 0 atom stereocenters. The van der Waals surface area contributed by atoms with Crippen LogP contribution in [0.1, 0.15) is 25.8 Å². The molecule has 1 aromatic rings. The number of nitro groups is 1. The van der Waals surface area contributed by atoms with E-state index in [1.807, 2.05) is 13.8 Å². The molecule has 0 fully saturated rings. The van der Waals surface area contributed by atoms with E-state index in [2.05, 4.69) is 11.2 Å². The Balaban J connectivity index is 2.85. The maximum atomic E-state index is 10.9. The first kappa shape index (κ1) is 15.0. The highest BCUT2D eigenvalue weighted by atomic mass is 16.6. The third-order valence-corrected chi connectivity index (χ3v) is 2.44. The molecule has 102 valence electrons. The molecule has 0 aliphatic heterocycles. The number of ether oxygens (including phenoxy) is 1. The van der Waals surface area contributed by atoms with Gasteiger partial charge in [0.25, 0.3) is 0 Å². The highest BCUT2D eigenvalue weighted by molar-refractivity contribution is 5.48. The maximum Gasteiger partial charge on any atom is 0.310 e. The van der Waals surface area contributed by atoms with Crippen LogP contribution < -0.4 is 10.1 Å². The first-order valence-electron chi connectivity index (χ1n) is 6.11. The van der Waals surface area contributed by atoms with E-state index in [-0.39, 0.29) is 18.0 Å². The van der Waals surface area contributed by atoms with Gasteiger partial charge in [-0.05, 0) is 11.6 Å². The van der Waals surface area contributed by atoms with Crippen molar-refractivity contribution in [3.05, 3.63) is 33.9 Å². The monoisotopic (exact) mass is 262 g/mol. The van der Waals surface area contributed by atoms with E-state index in [0.717, 1.165) is 5.56 Å². The Bertz CT molecular complexity index is 478. The zero-order valence-electron chi connectivity index (χ0n) is 11.2. The van der Waals surface area contributed by atoms with E-state index in [4.69, 9.17) is 11.2 Å². The topological polar surface area (TPSA) is 64.4 Å². The summed E-state index contributed by atoms with van der Waals surface area (Å²) in [5.41, 5.74) is 0.903. The van der Waals surface area contributed by atoms with Gasteiger partial charge in [0.2, 0.25) is 0 Å². The standard InChI is InChI=1S/C14H18N2O3/c1-4-5-8-19-14-9-12(10-15-11(2)3)6-7-13(14)16(17)18/h1,6-7,9,11,15H,5,8,10H2,2-3H3. The van der Waals surface area contributed by atoms with Crippen molar-refractivity contribution in [2.24, 2.45) is 0 Å². The molecule has 1 rings (SSSR count). The summed E-state index contributed by atoms with van der Waals surface area (Å²) in [5.74, 6) is 2.70. The van der Waals surface area contributed by atoms with Crippen molar-refractivity contribution in [2.75, 3.05) is 6.61 Å². The van der Waals surface area contributed by atoms with Crippen molar-refractivity contribution in [1.82, 2.24) is 5.32 Å². The second-order valence-corrected chi connectivity index (χ2v) is 4.40. The molecule has 0 saturated carbocycles. The smallest absolute Gasteiger partial charge is 0.310 e. The summed E-state index contributed by atoms with van der Waals surface area (Å²) in [7, 11) is 0. The fraction of sp³-hybridized carbons (Fsp3) is 0.429. The van der Waals surface area contributed by atoms with Gasteiger partial charge in [-0.3, -0.25) is 10.1 Å². The number of hydrogen-bond donors (Lipinski definition) is 1. The van der Waals surface area contributed by atoms with Gasteiger partial charge >= 0.3 is 5.69 Å². The summed E-state index contributed by atoms with van der Waals surface area (Å²) in [5, 5.41) is 14.1. The van der Waals surface area contributed by atoms with E-state index in [1.54, 1.807) is 12.1 Å². The van der Waals surface area contributed by atoms with Crippen LogP contribution in [0.4, 0.5) is 5.69 Å². The molecule has 0 radical (unpaired) electrons.